The van der Waals surface area contributed by atoms with Crippen LogP contribution in [-0.4, -0.2) is 35.0 Å². The van der Waals surface area contributed by atoms with Gasteiger partial charge in [-0.1, -0.05) is 13.0 Å². The van der Waals surface area contributed by atoms with Crippen molar-refractivity contribution < 1.29 is 15.0 Å². The fourth-order valence-electron chi connectivity index (χ4n) is 1.51. The van der Waals surface area contributed by atoms with Gasteiger partial charge >= 0.3 is 6.03 Å². The van der Waals surface area contributed by atoms with E-state index in [1.807, 2.05) is 6.07 Å². The summed E-state index contributed by atoms with van der Waals surface area (Å²) in [7, 11) is 0. The molecule has 0 aliphatic rings. The summed E-state index contributed by atoms with van der Waals surface area (Å²) in [6.45, 7) is 1.04. The quantitative estimate of drug-likeness (QED) is 0.631. The standard InChI is InChI=1S/C13H17N3O3/c1-2-13(8-17,9-18)16-12(19)15-11-5-3-4-10(6-11)7-14/h3-6,17-18H,2,8-9H2,1H3,(H2,15,16,19). The molecule has 0 spiro atoms. The number of aliphatic hydroxyl groups excluding tert-OH is 2. The number of nitrogens with one attached hydrogen (secondary N) is 2. The largest absolute Gasteiger partial charge is 0.394 e. The SMILES string of the molecule is CCC(CO)(CO)NC(=O)Nc1cccc(C#N)c1. The number of hydrogen-bond acceptors (Lipinski definition) is 4. The van der Waals surface area contributed by atoms with Crippen molar-refractivity contribution in [3.05, 3.63) is 29.8 Å². The van der Waals surface area contributed by atoms with Gasteiger partial charge < -0.3 is 20.8 Å². The first-order valence-electron chi connectivity index (χ1n) is 5.90. The van der Waals surface area contributed by atoms with E-state index < -0.39 is 11.6 Å². The maximum absolute atomic E-state index is 11.8. The van der Waals surface area contributed by atoms with E-state index in [0.717, 1.165) is 0 Å². The third-order valence-corrected chi connectivity index (χ3v) is 2.91. The van der Waals surface area contributed by atoms with E-state index in [2.05, 4.69) is 10.6 Å². The molecule has 0 heterocycles. The Morgan fingerprint density at radius 2 is 2.11 bits per heavy atom. The number of anilines is 1. The monoisotopic (exact) mass is 263 g/mol. The van der Waals surface area contributed by atoms with Crippen LogP contribution in [0.25, 0.3) is 0 Å². The molecule has 0 aromatic heterocycles. The van der Waals surface area contributed by atoms with Crippen LogP contribution in [0.15, 0.2) is 24.3 Å². The molecular weight excluding hydrogens is 246 g/mol. The summed E-state index contributed by atoms with van der Waals surface area (Å²) < 4.78 is 0. The molecule has 102 valence electrons. The molecule has 0 saturated heterocycles. The molecule has 0 unspecified atom stereocenters. The fourth-order valence-corrected chi connectivity index (χ4v) is 1.51. The molecule has 1 aromatic carbocycles. The molecule has 6 heteroatoms. The van der Waals surface area contributed by atoms with E-state index in [1.165, 1.54) is 6.07 Å². The third kappa shape index (κ3) is 3.95. The van der Waals surface area contributed by atoms with Gasteiger partial charge in [-0.15, -0.1) is 0 Å². The Hall–Kier alpha value is -2.10. The van der Waals surface area contributed by atoms with Crippen molar-refractivity contribution in [3.8, 4) is 6.07 Å². The lowest BCUT2D eigenvalue weighted by Crippen LogP contribution is -2.55. The summed E-state index contributed by atoms with van der Waals surface area (Å²) in [5.74, 6) is 0. The van der Waals surface area contributed by atoms with E-state index in [4.69, 9.17) is 5.26 Å². The number of rotatable bonds is 5. The van der Waals surface area contributed by atoms with Crippen molar-refractivity contribution >= 4 is 11.7 Å². The van der Waals surface area contributed by atoms with Gasteiger partial charge in [0.15, 0.2) is 0 Å². The lowest BCUT2D eigenvalue weighted by molar-refractivity contribution is 0.0955. The van der Waals surface area contributed by atoms with Gasteiger partial charge in [0.05, 0.1) is 30.4 Å². The number of hydrogen-bond donors (Lipinski definition) is 4. The normalized spacial score (nSPS) is 10.6. The highest BCUT2D eigenvalue weighted by Gasteiger charge is 2.28. The third-order valence-electron chi connectivity index (χ3n) is 2.91. The Kier molecular flexibility index (Phi) is 5.30. The molecular formula is C13H17N3O3. The van der Waals surface area contributed by atoms with E-state index in [0.29, 0.717) is 17.7 Å². The number of amides is 2. The second-order valence-corrected chi connectivity index (χ2v) is 4.22. The Bertz CT molecular complexity index is 470. The molecule has 0 saturated carbocycles. The van der Waals surface area contributed by atoms with Gasteiger partial charge in [-0.2, -0.15) is 5.26 Å². The molecule has 0 aliphatic carbocycles. The van der Waals surface area contributed by atoms with Crippen molar-refractivity contribution in [2.75, 3.05) is 18.5 Å². The molecule has 1 aromatic rings. The smallest absolute Gasteiger partial charge is 0.319 e. The molecule has 6 nitrogen and oxygen atoms in total. The highest BCUT2D eigenvalue weighted by atomic mass is 16.3. The van der Waals surface area contributed by atoms with Crippen LogP contribution in [0.1, 0.15) is 18.9 Å². The van der Waals surface area contributed by atoms with Crippen LogP contribution < -0.4 is 10.6 Å². The Labute approximate surface area is 111 Å². The number of carbonyl (C=O) groups excluding carboxylic acids is 1. The van der Waals surface area contributed by atoms with Crippen molar-refractivity contribution in [1.82, 2.24) is 5.32 Å². The van der Waals surface area contributed by atoms with E-state index in [-0.39, 0.29) is 13.2 Å². The number of benzene rings is 1. The lowest BCUT2D eigenvalue weighted by Gasteiger charge is -2.29. The predicted octanol–water partition coefficient (Wildman–Crippen LogP) is 0.813. The van der Waals surface area contributed by atoms with E-state index in [1.54, 1.807) is 25.1 Å². The van der Waals surface area contributed by atoms with Gasteiger partial charge in [0.1, 0.15) is 0 Å². The average molecular weight is 263 g/mol. The first kappa shape index (κ1) is 15.0. The molecule has 1 rings (SSSR count). The van der Waals surface area contributed by atoms with Crippen molar-refractivity contribution in [2.45, 2.75) is 18.9 Å². The zero-order valence-electron chi connectivity index (χ0n) is 10.7. The minimum absolute atomic E-state index is 0.356. The number of carbonyl (C=O) groups is 1. The molecule has 0 aliphatic heterocycles. The molecule has 4 N–H and O–H groups in total. The maximum Gasteiger partial charge on any atom is 0.319 e. The molecule has 0 bridgehead atoms. The van der Waals surface area contributed by atoms with E-state index in [9.17, 15) is 15.0 Å². The summed E-state index contributed by atoms with van der Waals surface area (Å²) >= 11 is 0. The van der Waals surface area contributed by atoms with Crippen LogP contribution in [0.4, 0.5) is 10.5 Å². The maximum atomic E-state index is 11.8. The minimum atomic E-state index is -1.04. The van der Waals surface area contributed by atoms with Crippen molar-refractivity contribution in [1.29, 1.82) is 5.26 Å². The van der Waals surface area contributed by atoms with Crippen molar-refractivity contribution in [3.63, 3.8) is 0 Å². The Morgan fingerprint density at radius 3 is 2.63 bits per heavy atom. The van der Waals surface area contributed by atoms with Crippen LogP contribution >= 0.6 is 0 Å². The van der Waals surface area contributed by atoms with Crippen molar-refractivity contribution in [2.24, 2.45) is 0 Å². The summed E-state index contributed by atoms with van der Waals surface area (Å²) in [6, 6.07) is 7.88. The lowest BCUT2D eigenvalue weighted by atomic mass is 9.99. The zero-order chi connectivity index (χ0) is 14.3. The number of nitrogens with zero attached hydrogens (tertiary/aromatic N) is 1. The molecule has 2 amide bonds. The number of aliphatic hydroxyl groups is 2. The summed E-state index contributed by atoms with van der Waals surface area (Å²) in [6.07, 6.45) is 0.394. The minimum Gasteiger partial charge on any atom is -0.394 e. The average Bonchev–Trinajstić information content (AvgIpc) is 2.45. The second-order valence-electron chi connectivity index (χ2n) is 4.22. The Morgan fingerprint density at radius 1 is 1.42 bits per heavy atom. The molecule has 19 heavy (non-hydrogen) atoms. The summed E-state index contributed by atoms with van der Waals surface area (Å²) in [4.78, 5) is 11.8. The molecule has 0 atom stereocenters. The highest BCUT2D eigenvalue weighted by molar-refractivity contribution is 5.90. The topological polar surface area (TPSA) is 105 Å². The predicted molar refractivity (Wildman–Crippen MR) is 70.5 cm³/mol. The van der Waals surface area contributed by atoms with Gasteiger partial charge in [0, 0.05) is 5.69 Å². The van der Waals surface area contributed by atoms with Crippen LogP contribution in [0, 0.1) is 11.3 Å². The zero-order valence-corrected chi connectivity index (χ0v) is 10.7. The van der Waals surface area contributed by atoms with Gasteiger partial charge in [-0.3, -0.25) is 0 Å². The van der Waals surface area contributed by atoms with Gasteiger partial charge in [-0.05, 0) is 24.6 Å². The van der Waals surface area contributed by atoms with Gasteiger partial charge in [0.2, 0.25) is 0 Å². The first-order chi connectivity index (χ1) is 9.09. The van der Waals surface area contributed by atoms with Crippen LogP contribution in [0.5, 0.6) is 0 Å². The second kappa shape index (κ2) is 6.73. The number of nitriles is 1. The summed E-state index contributed by atoms with van der Waals surface area (Å²) in [5, 5.41) is 32.3. The molecule has 0 fully saturated rings. The van der Waals surface area contributed by atoms with Gasteiger partial charge in [-0.25, -0.2) is 4.79 Å². The molecule has 0 radical (unpaired) electrons. The van der Waals surface area contributed by atoms with Crippen LogP contribution in [0.3, 0.4) is 0 Å². The summed E-state index contributed by atoms with van der Waals surface area (Å²) in [5.41, 5.74) is -0.141. The van der Waals surface area contributed by atoms with Gasteiger partial charge in [0.25, 0.3) is 0 Å². The van der Waals surface area contributed by atoms with E-state index >= 15 is 0 Å². The van der Waals surface area contributed by atoms with Crippen LogP contribution in [0.2, 0.25) is 0 Å². The Balaban J connectivity index is 2.72. The highest BCUT2D eigenvalue weighted by Crippen LogP contribution is 2.12. The van der Waals surface area contributed by atoms with Crippen LogP contribution in [-0.2, 0) is 0 Å². The number of urea groups is 1. The first-order valence-corrected chi connectivity index (χ1v) is 5.90. The fraction of sp³-hybridized carbons (Fsp3) is 0.385.